The Morgan fingerprint density at radius 3 is 2.42 bits per heavy atom. The van der Waals surface area contributed by atoms with Gasteiger partial charge in [-0.25, -0.2) is 5.01 Å². The molecule has 1 heterocycles. The maximum atomic E-state index is 13.0. The molecule has 1 atom stereocenters. The number of likely N-dealkylation sites (N-methyl/N-ethyl adjacent to an activating group) is 1. The van der Waals surface area contributed by atoms with E-state index >= 15 is 0 Å². The highest BCUT2D eigenvalue weighted by molar-refractivity contribution is 6.03. The van der Waals surface area contributed by atoms with Crippen LogP contribution in [-0.2, 0) is 4.79 Å². The summed E-state index contributed by atoms with van der Waals surface area (Å²) in [6, 6.07) is 18.8. The van der Waals surface area contributed by atoms with E-state index in [1.165, 1.54) is 5.56 Å². The minimum Gasteiger partial charge on any atom is -0.295 e. The Morgan fingerprint density at radius 1 is 1.15 bits per heavy atom. The molecular weight excluding hydrogens is 322 g/mol. The summed E-state index contributed by atoms with van der Waals surface area (Å²) >= 11 is 0. The smallest absolute Gasteiger partial charge is 0.257 e. The number of nitrogens with zero attached hydrogens (tertiary/aromatic N) is 3. The first-order valence-corrected chi connectivity index (χ1v) is 9.17. The normalized spacial score (nSPS) is 17.1. The number of amides is 1. The number of hydrogen-bond donors (Lipinski definition) is 0. The van der Waals surface area contributed by atoms with E-state index in [9.17, 15) is 4.79 Å². The molecule has 136 valence electrons. The molecule has 0 bridgehead atoms. The van der Waals surface area contributed by atoms with Gasteiger partial charge >= 0.3 is 0 Å². The molecule has 0 saturated carbocycles. The van der Waals surface area contributed by atoms with Crippen LogP contribution in [0.1, 0.15) is 43.0 Å². The van der Waals surface area contributed by atoms with E-state index in [4.69, 9.17) is 5.10 Å². The number of aryl methyl sites for hydroxylation is 1. The van der Waals surface area contributed by atoms with Gasteiger partial charge in [-0.15, -0.1) is 0 Å². The van der Waals surface area contributed by atoms with Crippen LogP contribution >= 0.6 is 0 Å². The predicted molar refractivity (Wildman–Crippen MR) is 106 cm³/mol. The van der Waals surface area contributed by atoms with Crippen LogP contribution in [0.5, 0.6) is 0 Å². The largest absolute Gasteiger partial charge is 0.295 e. The fourth-order valence-electron chi connectivity index (χ4n) is 3.06. The Labute approximate surface area is 156 Å². The van der Waals surface area contributed by atoms with Gasteiger partial charge in [-0.2, -0.15) is 5.10 Å². The van der Waals surface area contributed by atoms with Gasteiger partial charge in [-0.05, 0) is 38.9 Å². The van der Waals surface area contributed by atoms with E-state index in [-0.39, 0.29) is 11.9 Å². The Morgan fingerprint density at radius 2 is 1.81 bits per heavy atom. The molecule has 0 spiro atoms. The van der Waals surface area contributed by atoms with Crippen molar-refractivity contribution in [2.24, 2.45) is 5.10 Å². The highest BCUT2D eigenvalue weighted by Crippen LogP contribution is 2.32. The van der Waals surface area contributed by atoms with E-state index in [1.54, 1.807) is 5.01 Å². The summed E-state index contributed by atoms with van der Waals surface area (Å²) in [5.74, 6) is 0.0390. The molecule has 3 rings (SSSR count). The van der Waals surface area contributed by atoms with E-state index in [0.717, 1.165) is 23.3 Å². The zero-order valence-corrected chi connectivity index (χ0v) is 16.0. The van der Waals surface area contributed by atoms with E-state index in [1.807, 2.05) is 30.1 Å². The van der Waals surface area contributed by atoms with Gasteiger partial charge in [-0.3, -0.25) is 9.69 Å². The lowest BCUT2D eigenvalue weighted by atomic mass is 9.98. The quantitative estimate of drug-likeness (QED) is 0.817. The minimum atomic E-state index is -0.0411. The Balaban J connectivity index is 1.89. The van der Waals surface area contributed by atoms with E-state index in [2.05, 4.69) is 57.2 Å². The molecule has 1 aliphatic rings. The van der Waals surface area contributed by atoms with E-state index < -0.39 is 0 Å². The Bertz CT molecular complexity index is 781. The van der Waals surface area contributed by atoms with Gasteiger partial charge in [0.15, 0.2) is 0 Å². The van der Waals surface area contributed by atoms with Crippen LogP contribution in [0.15, 0.2) is 59.7 Å². The molecule has 0 aromatic heterocycles. The van der Waals surface area contributed by atoms with Crippen molar-refractivity contribution < 1.29 is 4.79 Å². The molecule has 0 saturated heterocycles. The number of carbonyl (C=O) groups excluding carboxylic acids is 1. The number of carbonyl (C=O) groups is 1. The fraction of sp³-hybridized carbons (Fsp3) is 0.364. The monoisotopic (exact) mass is 349 g/mol. The maximum absolute atomic E-state index is 13.0. The third-order valence-corrected chi connectivity index (χ3v) is 5.00. The zero-order valence-electron chi connectivity index (χ0n) is 16.0. The molecule has 1 amide bonds. The van der Waals surface area contributed by atoms with Gasteiger partial charge in [0.2, 0.25) is 0 Å². The molecule has 4 nitrogen and oxygen atoms in total. The van der Waals surface area contributed by atoms with Gasteiger partial charge in [0.05, 0.1) is 18.3 Å². The molecule has 0 fully saturated rings. The fourth-order valence-corrected chi connectivity index (χ4v) is 3.06. The Kier molecular flexibility index (Phi) is 5.52. The van der Waals surface area contributed by atoms with Crippen LogP contribution < -0.4 is 0 Å². The second kappa shape index (κ2) is 7.83. The molecule has 0 N–H and O–H groups in total. The van der Waals surface area contributed by atoms with Crippen LogP contribution in [0.3, 0.4) is 0 Å². The molecule has 2 aromatic rings. The van der Waals surface area contributed by atoms with Crippen molar-refractivity contribution in [1.82, 2.24) is 9.91 Å². The summed E-state index contributed by atoms with van der Waals surface area (Å²) in [7, 11) is 1.97. The van der Waals surface area contributed by atoms with Crippen molar-refractivity contribution in [3.8, 4) is 0 Å². The molecular formula is C22H27N3O. The standard InChI is InChI=1S/C22H27N3O/c1-16(2)24(4)15-22(26)25-21(19-8-6-5-7-9-19)14-20(23-25)18-12-10-17(3)11-13-18/h5-13,16,21H,14-15H2,1-4H3. The second-order valence-electron chi connectivity index (χ2n) is 7.29. The molecule has 4 heteroatoms. The highest BCUT2D eigenvalue weighted by Gasteiger charge is 2.33. The number of rotatable bonds is 5. The van der Waals surface area contributed by atoms with Gasteiger partial charge in [0.1, 0.15) is 0 Å². The van der Waals surface area contributed by atoms with Crippen LogP contribution in [0.2, 0.25) is 0 Å². The summed E-state index contributed by atoms with van der Waals surface area (Å²) in [6.07, 6.45) is 0.740. The van der Waals surface area contributed by atoms with E-state index in [0.29, 0.717) is 12.6 Å². The van der Waals surface area contributed by atoms with Crippen LogP contribution in [0.25, 0.3) is 0 Å². The van der Waals surface area contributed by atoms with Crippen molar-refractivity contribution in [1.29, 1.82) is 0 Å². The van der Waals surface area contributed by atoms with Crippen molar-refractivity contribution >= 4 is 11.6 Å². The lowest BCUT2D eigenvalue weighted by molar-refractivity contribution is -0.134. The van der Waals surface area contributed by atoms with Gasteiger partial charge in [0.25, 0.3) is 5.91 Å². The first-order valence-electron chi connectivity index (χ1n) is 9.17. The summed E-state index contributed by atoms with van der Waals surface area (Å²) < 4.78 is 0. The average molecular weight is 349 g/mol. The van der Waals surface area contributed by atoms with Crippen LogP contribution in [-0.4, -0.2) is 41.2 Å². The number of hydrazone groups is 1. The predicted octanol–water partition coefficient (Wildman–Crippen LogP) is 4.01. The average Bonchev–Trinajstić information content (AvgIpc) is 3.08. The van der Waals surface area contributed by atoms with Crippen LogP contribution in [0, 0.1) is 6.92 Å². The second-order valence-corrected chi connectivity index (χ2v) is 7.29. The zero-order chi connectivity index (χ0) is 18.7. The topological polar surface area (TPSA) is 35.9 Å². The lowest BCUT2D eigenvalue weighted by Crippen LogP contribution is -2.39. The first-order chi connectivity index (χ1) is 12.5. The molecule has 1 unspecified atom stereocenters. The van der Waals surface area contributed by atoms with Crippen LogP contribution in [0.4, 0.5) is 0 Å². The molecule has 0 radical (unpaired) electrons. The maximum Gasteiger partial charge on any atom is 0.257 e. The van der Waals surface area contributed by atoms with Crippen molar-refractivity contribution in [2.45, 2.75) is 39.3 Å². The molecule has 2 aromatic carbocycles. The third kappa shape index (κ3) is 4.02. The third-order valence-electron chi connectivity index (χ3n) is 5.00. The number of benzene rings is 2. The van der Waals surface area contributed by atoms with Gasteiger partial charge < -0.3 is 0 Å². The summed E-state index contributed by atoms with van der Waals surface area (Å²) in [6.45, 7) is 6.62. The van der Waals surface area contributed by atoms with Gasteiger partial charge in [0, 0.05) is 12.5 Å². The summed E-state index contributed by atoms with van der Waals surface area (Å²) in [5.41, 5.74) is 4.40. The molecule has 1 aliphatic heterocycles. The SMILES string of the molecule is Cc1ccc(C2=NN(C(=O)CN(C)C(C)C)C(c3ccccc3)C2)cc1. The summed E-state index contributed by atoms with van der Waals surface area (Å²) in [4.78, 5) is 15.0. The van der Waals surface area contributed by atoms with Crippen molar-refractivity contribution in [3.63, 3.8) is 0 Å². The molecule has 26 heavy (non-hydrogen) atoms. The summed E-state index contributed by atoms with van der Waals surface area (Å²) in [5, 5.41) is 6.42. The minimum absolute atomic E-state index is 0.0390. The van der Waals surface area contributed by atoms with Gasteiger partial charge in [-0.1, -0.05) is 60.2 Å². The first kappa shape index (κ1) is 18.3. The highest BCUT2D eigenvalue weighted by atomic mass is 16.2. The lowest BCUT2D eigenvalue weighted by Gasteiger charge is -2.26. The number of hydrogen-bond acceptors (Lipinski definition) is 3. The molecule has 0 aliphatic carbocycles. The van der Waals surface area contributed by atoms with Crippen molar-refractivity contribution in [2.75, 3.05) is 13.6 Å². The van der Waals surface area contributed by atoms with Crippen molar-refractivity contribution in [3.05, 3.63) is 71.3 Å². The Hall–Kier alpha value is -2.46.